The fourth-order valence-electron chi connectivity index (χ4n) is 1.85. The molecule has 20 heavy (non-hydrogen) atoms. The molecule has 104 valence electrons. The largest absolute Gasteiger partial charge is 0.478 e. The molecule has 0 saturated heterocycles. The van der Waals surface area contributed by atoms with Crippen LogP contribution in [-0.2, 0) is 6.42 Å². The van der Waals surface area contributed by atoms with E-state index in [4.69, 9.17) is 0 Å². The van der Waals surface area contributed by atoms with Crippen LogP contribution in [0.15, 0.2) is 18.2 Å². The minimum atomic E-state index is -1.07. The van der Waals surface area contributed by atoms with Gasteiger partial charge in [0, 0.05) is 0 Å². The maximum atomic E-state index is 12.2. The Labute approximate surface area is 119 Å². The molecule has 0 aliphatic carbocycles. The molecule has 7 heteroatoms. The van der Waals surface area contributed by atoms with E-state index in [1.807, 2.05) is 6.92 Å². The number of carboxylic acids is 1. The molecule has 0 atom stereocenters. The number of hydrogen-bond donors (Lipinski definition) is 2. The average Bonchev–Trinajstić information content (AvgIpc) is 2.86. The third-order valence-corrected chi connectivity index (χ3v) is 3.60. The van der Waals surface area contributed by atoms with Crippen LogP contribution < -0.4 is 5.32 Å². The maximum absolute atomic E-state index is 12.2. The van der Waals surface area contributed by atoms with Gasteiger partial charge in [-0.05, 0) is 36.5 Å². The van der Waals surface area contributed by atoms with Gasteiger partial charge in [-0.25, -0.2) is 4.79 Å². The zero-order valence-electron chi connectivity index (χ0n) is 11.0. The van der Waals surface area contributed by atoms with Crippen molar-refractivity contribution in [3.05, 3.63) is 39.9 Å². The molecule has 2 aromatic rings. The van der Waals surface area contributed by atoms with Crippen molar-refractivity contribution >= 4 is 29.1 Å². The summed E-state index contributed by atoms with van der Waals surface area (Å²) in [4.78, 5) is 23.8. The van der Waals surface area contributed by atoms with Crippen LogP contribution in [0.2, 0.25) is 0 Å². The highest BCUT2D eigenvalue weighted by atomic mass is 32.1. The minimum Gasteiger partial charge on any atom is -0.478 e. The molecule has 0 unspecified atom stereocenters. The summed E-state index contributed by atoms with van der Waals surface area (Å²) in [6.45, 7) is 3.56. The number of aromatic carboxylic acids is 1. The Hall–Kier alpha value is -2.28. The van der Waals surface area contributed by atoms with E-state index in [-0.39, 0.29) is 17.2 Å². The lowest BCUT2D eigenvalue weighted by Crippen LogP contribution is -2.15. The normalized spacial score (nSPS) is 10.3. The van der Waals surface area contributed by atoms with Crippen LogP contribution in [0.25, 0.3) is 0 Å². The Morgan fingerprint density at radius 1 is 1.40 bits per heavy atom. The number of anilines is 1. The van der Waals surface area contributed by atoms with Crippen LogP contribution in [0, 0.1) is 6.92 Å². The van der Waals surface area contributed by atoms with Gasteiger partial charge in [0.15, 0.2) is 0 Å². The number of amides is 1. The van der Waals surface area contributed by atoms with Gasteiger partial charge in [0.05, 0.1) is 16.9 Å². The monoisotopic (exact) mass is 291 g/mol. The molecule has 0 radical (unpaired) electrons. The van der Waals surface area contributed by atoms with E-state index in [0.29, 0.717) is 22.6 Å². The fraction of sp³-hybridized carbons (Fsp3) is 0.231. The number of aromatic nitrogens is 2. The van der Waals surface area contributed by atoms with Crippen LogP contribution in [0.4, 0.5) is 5.69 Å². The van der Waals surface area contributed by atoms with Crippen molar-refractivity contribution in [3.63, 3.8) is 0 Å². The molecular formula is C13H13N3O3S. The number of carboxylic acid groups (broad SMARTS) is 1. The van der Waals surface area contributed by atoms with Crippen molar-refractivity contribution in [1.29, 1.82) is 0 Å². The number of aryl methyl sites for hydroxylation is 2. The quantitative estimate of drug-likeness (QED) is 0.902. The highest BCUT2D eigenvalue weighted by Crippen LogP contribution is 2.21. The molecule has 2 rings (SSSR count). The van der Waals surface area contributed by atoms with E-state index in [0.717, 1.165) is 11.5 Å². The molecule has 2 N–H and O–H groups in total. The molecule has 6 nitrogen and oxygen atoms in total. The van der Waals surface area contributed by atoms with Crippen molar-refractivity contribution in [3.8, 4) is 0 Å². The Bertz CT molecular complexity index is 667. The summed E-state index contributed by atoms with van der Waals surface area (Å²) >= 11 is 0.999. The van der Waals surface area contributed by atoms with E-state index in [1.165, 1.54) is 0 Å². The first kappa shape index (κ1) is 14.1. The van der Waals surface area contributed by atoms with Gasteiger partial charge in [-0.3, -0.25) is 4.79 Å². The van der Waals surface area contributed by atoms with Gasteiger partial charge in [-0.15, -0.1) is 5.10 Å². The van der Waals surface area contributed by atoms with Gasteiger partial charge in [-0.2, -0.15) is 0 Å². The van der Waals surface area contributed by atoms with E-state index in [9.17, 15) is 14.7 Å². The Morgan fingerprint density at radius 2 is 2.15 bits per heavy atom. The molecule has 0 aliphatic heterocycles. The number of nitrogens with zero attached hydrogens (tertiary/aromatic N) is 2. The van der Waals surface area contributed by atoms with Crippen molar-refractivity contribution in [2.75, 3.05) is 5.32 Å². The number of carbonyl (C=O) groups is 2. The second-order valence-corrected chi connectivity index (χ2v) is 4.91. The van der Waals surface area contributed by atoms with Crippen LogP contribution in [0.5, 0.6) is 0 Å². The lowest BCUT2D eigenvalue weighted by atomic mass is 10.1. The number of hydrogen-bond acceptors (Lipinski definition) is 5. The molecule has 1 aromatic carbocycles. The van der Waals surface area contributed by atoms with Crippen molar-refractivity contribution in [1.82, 2.24) is 9.59 Å². The summed E-state index contributed by atoms with van der Waals surface area (Å²) < 4.78 is 3.75. The summed E-state index contributed by atoms with van der Waals surface area (Å²) in [7, 11) is 0. The fourth-order valence-corrected chi connectivity index (χ4v) is 2.49. The van der Waals surface area contributed by atoms with Crippen molar-refractivity contribution in [2.24, 2.45) is 0 Å². The minimum absolute atomic E-state index is 0.0939. The zero-order chi connectivity index (χ0) is 14.7. The summed E-state index contributed by atoms with van der Waals surface area (Å²) in [5.74, 6) is -1.46. The Morgan fingerprint density at radius 3 is 2.80 bits per heavy atom. The van der Waals surface area contributed by atoms with Crippen molar-refractivity contribution in [2.45, 2.75) is 20.3 Å². The molecule has 1 amide bonds. The predicted octanol–water partition coefficient (Wildman–Crippen LogP) is 2.36. The number of nitrogens with one attached hydrogen (secondary N) is 1. The number of benzene rings is 1. The summed E-state index contributed by atoms with van der Waals surface area (Å²) in [5.41, 5.74) is 1.57. The van der Waals surface area contributed by atoms with Gasteiger partial charge in [-0.1, -0.05) is 23.5 Å². The average molecular weight is 291 g/mol. The first-order valence-electron chi connectivity index (χ1n) is 6.00. The van der Waals surface area contributed by atoms with E-state index < -0.39 is 5.97 Å². The highest BCUT2D eigenvalue weighted by Gasteiger charge is 2.19. The number of carbonyl (C=O) groups excluding carboxylic acids is 1. The first-order valence-corrected chi connectivity index (χ1v) is 6.77. The van der Waals surface area contributed by atoms with E-state index in [1.54, 1.807) is 25.1 Å². The summed E-state index contributed by atoms with van der Waals surface area (Å²) in [6, 6.07) is 4.95. The van der Waals surface area contributed by atoms with Gasteiger partial charge >= 0.3 is 5.97 Å². The lowest BCUT2D eigenvalue weighted by Gasteiger charge is -2.09. The van der Waals surface area contributed by atoms with E-state index in [2.05, 4.69) is 14.9 Å². The smallest absolute Gasteiger partial charge is 0.338 e. The van der Waals surface area contributed by atoms with Gasteiger partial charge < -0.3 is 10.4 Å². The van der Waals surface area contributed by atoms with Gasteiger partial charge in [0.2, 0.25) is 0 Å². The second-order valence-electron chi connectivity index (χ2n) is 4.16. The SMILES string of the molecule is CCc1nnsc1C(=O)Nc1cccc(C)c1C(=O)O. The molecule has 0 fully saturated rings. The molecule has 0 bridgehead atoms. The van der Waals surface area contributed by atoms with Crippen molar-refractivity contribution < 1.29 is 14.7 Å². The highest BCUT2D eigenvalue weighted by molar-refractivity contribution is 7.08. The molecule has 1 heterocycles. The summed E-state index contributed by atoms with van der Waals surface area (Å²) in [6.07, 6.45) is 0.596. The van der Waals surface area contributed by atoms with Crippen LogP contribution in [0.1, 0.15) is 38.2 Å². The molecule has 0 saturated carbocycles. The van der Waals surface area contributed by atoms with Gasteiger partial charge in [0.25, 0.3) is 5.91 Å². The molecule has 0 aliphatic rings. The summed E-state index contributed by atoms with van der Waals surface area (Å²) in [5, 5.41) is 15.7. The third-order valence-electron chi connectivity index (χ3n) is 2.83. The Kier molecular flexibility index (Phi) is 4.09. The van der Waals surface area contributed by atoms with Gasteiger partial charge in [0.1, 0.15) is 4.88 Å². The molecule has 1 aromatic heterocycles. The Balaban J connectivity index is 2.33. The van der Waals surface area contributed by atoms with Crippen LogP contribution in [0.3, 0.4) is 0 Å². The lowest BCUT2D eigenvalue weighted by molar-refractivity contribution is 0.0697. The van der Waals surface area contributed by atoms with E-state index >= 15 is 0 Å². The first-order chi connectivity index (χ1) is 9.54. The van der Waals surface area contributed by atoms with Crippen LogP contribution >= 0.6 is 11.5 Å². The second kappa shape index (κ2) is 5.79. The third kappa shape index (κ3) is 2.67. The molecular weight excluding hydrogens is 278 g/mol. The topological polar surface area (TPSA) is 92.2 Å². The standard InChI is InChI=1S/C13H13N3O3S/c1-3-8-11(20-16-15-8)12(17)14-9-6-4-5-7(2)10(9)13(18)19/h4-6H,3H2,1-2H3,(H,14,17)(H,18,19). The maximum Gasteiger partial charge on any atom is 0.338 e. The molecule has 0 spiro atoms. The number of rotatable bonds is 4. The zero-order valence-corrected chi connectivity index (χ0v) is 11.8. The van der Waals surface area contributed by atoms with Crippen LogP contribution in [-0.4, -0.2) is 26.6 Å². The predicted molar refractivity (Wildman–Crippen MR) is 75.4 cm³/mol.